The van der Waals surface area contributed by atoms with Gasteiger partial charge in [-0.2, -0.15) is 5.26 Å². The summed E-state index contributed by atoms with van der Waals surface area (Å²) in [6.07, 6.45) is 0. The maximum absolute atomic E-state index is 9.86. The van der Waals surface area contributed by atoms with Crippen molar-refractivity contribution in [3.8, 4) is 6.07 Å². The molecular weight excluding hydrogens is 108 g/mol. The van der Waals surface area contributed by atoms with E-state index < -0.39 is 11.9 Å². The van der Waals surface area contributed by atoms with Crippen molar-refractivity contribution in [3.05, 3.63) is 0 Å². The lowest BCUT2D eigenvalue weighted by atomic mass is 10.2. The van der Waals surface area contributed by atoms with Gasteiger partial charge in [0.15, 0.2) is 5.92 Å². The Kier molecular flexibility index (Phi) is 2.59. The fourth-order valence-electron chi connectivity index (χ4n) is 0.209. The first-order valence-corrected chi connectivity index (χ1v) is 2.05. The van der Waals surface area contributed by atoms with Gasteiger partial charge in [0.1, 0.15) is 0 Å². The van der Waals surface area contributed by atoms with Crippen LogP contribution in [0, 0.1) is 17.2 Å². The topological polar surface area (TPSA) is 87.1 Å². The van der Waals surface area contributed by atoms with Crippen molar-refractivity contribution in [1.29, 1.82) is 5.26 Å². The highest BCUT2D eigenvalue weighted by atomic mass is 16.4. The molecule has 1 unspecified atom stereocenters. The Labute approximate surface area is 46.5 Å². The summed E-state index contributed by atoms with van der Waals surface area (Å²) in [5.41, 5.74) is 4.88. The molecule has 0 rings (SSSR count). The number of carboxylic acid groups (broad SMARTS) is 1. The first kappa shape index (κ1) is 6.92. The van der Waals surface area contributed by atoms with E-state index in [0.29, 0.717) is 0 Å². The molecule has 0 heterocycles. The highest BCUT2D eigenvalue weighted by molar-refractivity contribution is 5.73. The number of carboxylic acids is 1. The van der Waals surface area contributed by atoms with E-state index >= 15 is 0 Å². The van der Waals surface area contributed by atoms with Crippen LogP contribution in [-0.4, -0.2) is 17.6 Å². The van der Waals surface area contributed by atoms with Crippen LogP contribution in [0.5, 0.6) is 0 Å². The average Bonchev–Trinajstić information content (AvgIpc) is 1.69. The van der Waals surface area contributed by atoms with Gasteiger partial charge in [-0.1, -0.05) is 0 Å². The molecule has 3 N–H and O–H groups in total. The Balaban J connectivity index is 3.76. The molecule has 0 aliphatic rings. The number of nitrogens with zero attached hydrogens (tertiary/aromatic N) is 1. The summed E-state index contributed by atoms with van der Waals surface area (Å²) in [7, 11) is 0. The van der Waals surface area contributed by atoms with Crippen LogP contribution in [0.3, 0.4) is 0 Å². The molecule has 0 amide bonds. The standard InChI is InChI=1S/C4H6N2O2/c5-1-3(2-6)4(7)8/h3H,1,5H2,(H,7,8). The minimum Gasteiger partial charge on any atom is -0.480 e. The molecule has 0 aromatic rings. The van der Waals surface area contributed by atoms with Gasteiger partial charge in [-0.3, -0.25) is 4.79 Å². The molecule has 0 saturated carbocycles. The van der Waals surface area contributed by atoms with Crippen molar-refractivity contribution in [2.24, 2.45) is 11.7 Å². The molecule has 4 heteroatoms. The fourth-order valence-corrected chi connectivity index (χ4v) is 0.209. The Morgan fingerprint density at radius 3 is 2.50 bits per heavy atom. The molecule has 0 spiro atoms. The van der Waals surface area contributed by atoms with Crippen molar-refractivity contribution >= 4 is 5.97 Å². The molecule has 0 radical (unpaired) electrons. The Bertz CT molecular complexity index is 126. The lowest BCUT2D eigenvalue weighted by Crippen LogP contribution is -2.21. The van der Waals surface area contributed by atoms with Crippen molar-refractivity contribution in [3.63, 3.8) is 0 Å². The molecule has 4 nitrogen and oxygen atoms in total. The molecule has 1 atom stereocenters. The van der Waals surface area contributed by atoms with E-state index in [1.807, 2.05) is 0 Å². The van der Waals surface area contributed by atoms with Crippen LogP contribution in [-0.2, 0) is 4.79 Å². The molecule has 0 aromatic carbocycles. The van der Waals surface area contributed by atoms with Gasteiger partial charge in [-0.15, -0.1) is 0 Å². The minimum absolute atomic E-state index is 0.119. The monoisotopic (exact) mass is 114 g/mol. The lowest BCUT2D eigenvalue weighted by molar-refractivity contribution is -0.139. The van der Waals surface area contributed by atoms with Crippen LogP contribution < -0.4 is 5.73 Å². The molecule has 0 fully saturated rings. The first-order valence-electron chi connectivity index (χ1n) is 2.05. The van der Waals surface area contributed by atoms with Gasteiger partial charge in [0.05, 0.1) is 6.07 Å². The van der Waals surface area contributed by atoms with Crippen LogP contribution >= 0.6 is 0 Å². The van der Waals surface area contributed by atoms with Crippen LogP contribution in [0.2, 0.25) is 0 Å². The van der Waals surface area contributed by atoms with E-state index in [-0.39, 0.29) is 6.54 Å². The quantitative estimate of drug-likeness (QED) is 0.490. The van der Waals surface area contributed by atoms with Gasteiger partial charge in [-0.25, -0.2) is 0 Å². The number of hydrogen-bond acceptors (Lipinski definition) is 3. The highest BCUT2D eigenvalue weighted by Gasteiger charge is 2.12. The van der Waals surface area contributed by atoms with Crippen molar-refractivity contribution < 1.29 is 9.90 Å². The van der Waals surface area contributed by atoms with E-state index in [1.165, 1.54) is 6.07 Å². The lowest BCUT2D eigenvalue weighted by Gasteiger charge is -1.93. The number of rotatable bonds is 2. The van der Waals surface area contributed by atoms with Gasteiger partial charge in [0, 0.05) is 6.54 Å². The zero-order chi connectivity index (χ0) is 6.57. The number of carbonyl (C=O) groups is 1. The van der Waals surface area contributed by atoms with Crippen molar-refractivity contribution in [2.75, 3.05) is 6.54 Å². The van der Waals surface area contributed by atoms with Crippen LogP contribution in [0.1, 0.15) is 0 Å². The zero-order valence-corrected chi connectivity index (χ0v) is 4.16. The maximum Gasteiger partial charge on any atom is 0.322 e. The molecule has 0 aromatic heterocycles. The average molecular weight is 114 g/mol. The maximum atomic E-state index is 9.86. The molecule has 8 heavy (non-hydrogen) atoms. The summed E-state index contributed by atoms with van der Waals surface area (Å²) in [5, 5.41) is 16.1. The summed E-state index contributed by atoms with van der Waals surface area (Å²) < 4.78 is 0. The smallest absolute Gasteiger partial charge is 0.322 e. The summed E-state index contributed by atoms with van der Waals surface area (Å²) in [5.74, 6) is -2.20. The second-order valence-corrected chi connectivity index (χ2v) is 1.26. The van der Waals surface area contributed by atoms with Gasteiger partial charge in [0.2, 0.25) is 0 Å². The second-order valence-electron chi connectivity index (χ2n) is 1.26. The van der Waals surface area contributed by atoms with Gasteiger partial charge in [-0.05, 0) is 0 Å². The summed E-state index contributed by atoms with van der Waals surface area (Å²) >= 11 is 0. The fraction of sp³-hybridized carbons (Fsp3) is 0.500. The minimum atomic E-state index is -1.16. The highest BCUT2D eigenvalue weighted by Crippen LogP contribution is 1.87. The number of hydrogen-bond donors (Lipinski definition) is 2. The van der Waals surface area contributed by atoms with Gasteiger partial charge >= 0.3 is 5.97 Å². The third-order valence-corrected chi connectivity index (χ3v) is 0.690. The SMILES string of the molecule is N#CC(CN)C(=O)O. The summed E-state index contributed by atoms with van der Waals surface area (Å²) in [6.45, 7) is -0.119. The second kappa shape index (κ2) is 2.99. The molecular formula is C4H6N2O2. The zero-order valence-electron chi connectivity index (χ0n) is 4.16. The number of aliphatic carboxylic acids is 1. The van der Waals surface area contributed by atoms with E-state index in [2.05, 4.69) is 0 Å². The molecule has 0 aliphatic carbocycles. The number of nitrogens with two attached hydrogens (primary N) is 1. The van der Waals surface area contributed by atoms with E-state index in [0.717, 1.165) is 0 Å². The van der Waals surface area contributed by atoms with E-state index in [9.17, 15) is 4.79 Å². The predicted molar refractivity (Wildman–Crippen MR) is 25.8 cm³/mol. The van der Waals surface area contributed by atoms with Gasteiger partial charge < -0.3 is 10.8 Å². The number of nitriles is 1. The predicted octanol–water partition coefficient (Wildman–Crippen LogP) is -0.831. The molecule has 0 saturated heterocycles. The first-order chi connectivity index (χ1) is 3.72. The van der Waals surface area contributed by atoms with Crippen molar-refractivity contribution in [1.82, 2.24) is 0 Å². The third-order valence-electron chi connectivity index (χ3n) is 0.690. The van der Waals surface area contributed by atoms with Crippen LogP contribution in [0.4, 0.5) is 0 Å². The van der Waals surface area contributed by atoms with Crippen LogP contribution in [0.15, 0.2) is 0 Å². The van der Waals surface area contributed by atoms with Crippen LogP contribution in [0.25, 0.3) is 0 Å². The summed E-state index contributed by atoms with van der Waals surface area (Å²) in [6, 6.07) is 1.53. The normalized spacial score (nSPS) is 12.0. The molecule has 0 aliphatic heterocycles. The molecule has 0 bridgehead atoms. The third kappa shape index (κ3) is 1.58. The Morgan fingerprint density at radius 2 is 2.50 bits per heavy atom. The van der Waals surface area contributed by atoms with E-state index in [1.54, 1.807) is 0 Å². The van der Waals surface area contributed by atoms with Crippen molar-refractivity contribution in [2.45, 2.75) is 0 Å². The van der Waals surface area contributed by atoms with Gasteiger partial charge in [0.25, 0.3) is 0 Å². The summed E-state index contributed by atoms with van der Waals surface area (Å²) in [4.78, 5) is 9.86. The van der Waals surface area contributed by atoms with E-state index in [4.69, 9.17) is 16.1 Å². The Hall–Kier alpha value is -1.08. The molecule has 44 valence electrons. The largest absolute Gasteiger partial charge is 0.480 e. The Morgan fingerprint density at radius 1 is 2.00 bits per heavy atom.